The summed E-state index contributed by atoms with van der Waals surface area (Å²) in [4.78, 5) is 43.2. The Balaban J connectivity index is 1.52. The van der Waals surface area contributed by atoms with Crippen molar-refractivity contribution >= 4 is 34.4 Å². The SMILES string of the molecule is Cc1ccc2c(=O)c(C(=O)NC3CCOCC3)cn(CC(=O)NCCc3ccc(Cl)cc3)c2n1. The summed E-state index contributed by atoms with van der Waals surface area (Å²) < 4.78 is 6.90. The molecule has 1 aromatic carbocycles. The first kappa shape index (κ1) is 23.9. The summed E-state index contributed by atoms with van der Waals surface area (Å²) in [7, 11) is 0. The van der Waals surface area contributed by atoms with Crippen LogP contribution in [-0.4, -0.2) is 47.2 Å². The van der Waals surface area contributed by atoms with Gasteiger partial charge in [-0.25, -0.2) is 4.98 Å². The van der Waals surface area contributed by atoms with E-state index in [1.165, 1.54) is 6.20 Å². The molecule has 3 heterocycles. The fourth-order valence-corrected chi connectivity index (χ4v) is 4.08. The van der Waals surface area contributed by atoms with Crippen LogP contribution in [0.1, 0.15) is 34.5 Å². The largest absolute Gasteiger partial charge is 0.381 e. The minimum atomic E-state index is -0.448. The molecule has 2 N–H and O–H groups in total. The number of nitrogens with zero attached hydrogens (tertiary/aromatic N) is 2. The summed E-state index contributed by atoms with van der Waals surface area (Å²) in [5.41, 5.74) is 1.75. The van der Waals surface area contributed by atoms with Crippen molar-refractivity contribution in [3.05, 3.63) is 74.7 Å². The van der Waals surface area contributed by atoms with E-state index < -0.39 is 11.3 Å². The Hall–Kier alpha value is -3.23. The minimum Gasteiger partial charge on any atom is -0.381 e. The van der Waals surface area contributed by atoms with E-state index in [9.17, 15) is 14.4 Å². The zero-order chi connectivity index (χ0) is 24.1. The van der Waals surface area contributed by atoms with E-state index in [1.54, 1.807) is 16.7 Å². The van der Waals surface area contributed by atoms with Crippen LogP contribution in [0.3, 0.4) is 0 Å². The second-order valence-corrected chi connectivity index (χ2v) is 8.85. The quantitative estimate of drug-likeness (QED) is 0.539. The number of fused-ring (bicyclic) bond motifs is 1. The molecule has 9 heteroatoms. The molecule has 0 bridgehead atoms. The Morgan fingerprint density at radius 1 is 1.15 bits per heavy atom. The van der Waals surface area contributed by atoms with Gasteiger partial charge >= 0.3 is 0 Å². The summed E-state index contributed by atoms with van der Waals surface area (Å²) in [6.45, 7) is 3.35. The molecule has 8 nitrogen and oxygen atoms in total. The molecule has 1 aliphatic heterocycles. The lowest BCUT2D eigenvalue weighted by atomic mass is 10.1. The summed E-state index contributed by atoms with van der Waals surface area (Å²) in [5.74, 6) is -0.686. The van der Waals surface area contributed by atoms with Gasteiger partial charge in [-0.15, -0.1) is 0 Å². The van der Waals surface area contributed by atoms with Gasteiger partial charge in [0.25, 0.3) is 5.91 Å². The van der Waals surface area contributed by atoms with Gasteiger partial charge in [-0.3, -0.25) is 14.4 Å². The number of pyridine rings is 2. The molecule has 3 aromatic rings. The molecule has 0 unspecified atom stereocenters. The van der Waals surface area contributed by atoms with Crippen LogP contribution >= 0.6 is 11.6 Å². The number of aryl methyl sites for hydroxylation is 1. The van der Waals surface area contributed by atoms with Crippen LogP contribution in [0, 0.1) is 6.92 Å². The number of carbonyl (C=O) groups excluding carboxylic acids is 2. The van der Waals surface area contributed by atoms with Crippen LogP contribution in [0.5, 0.6) is 0 Å². The number of hydrogen-bond acceptors (Lipinski definition) is 5. The van der Waals surface area contributed by atoms with Crippen molar-refractivity contribution in [3.8, 4) is 0 Å². The first-order chi connectivity index (χ1) is 16.4. The van der Waals surface area contributed by atoms with E-state index in [4.69, 9.17) is 16.3 Å². The molecule has 2 aromatic heterocycles. The fourth-order valence-electron chi connectivity index (χ4n) is 3.96. The maximum atomic E-state index is 13.1. The summed E-state index contributed by atoms with van der Waals surface area (Å²) in [5, 5.41) is 6.78. The normalized spacial score (nSPS) is 14.2. The third kappa shape index (κ3) is 5.81. The van der Waals surface area contributed by atoms with Gasteiger partial charge < -0.3 is 19.9 Å². The summed E-state index contributed by atoms with van der Waals surface area (Å²) >= 11 is 5.91. The van der Waals surface area contributed by atoms with Crippen molar-refractivity contribution < 1.29 is 14.3 Å². The minimum absolute atomic E-state index is 0.00129. The van der Waals surface area contributed by atoms with Crippen LogP contribution in [-0.2, 0) is 22.5 Å². The predicted molar refractivity (Wildman–Crippen MR) is 130 cm³/mol. The Morgan fingerprint density at radius 3 is 2.62 bits per heavy atom. The molecule has 1 fully saturated rings. The maximum absolute atomic E-state index is 13.1. The van der Waals surface area contributed by atoms with E-state index in [0.717, 1.165) is 5.56 Å². The van der Waals surface area contributed by atoms with Crippen molar-refractivity contribution in [2.24, 2.45) is 0 Å². The van der Waals surface area contributed by atoms with Gasteiger partial charge in [-0.2, -0.15) is 0 Å². The van der Waals surface area contributed by atoms with Gasteiger partial charge in [-0.1, -0.05) is 23.7 Å². The van der Waals surface area contributed by atoms with Gasteiger partial charge in [0.15, 0.2) is 0 Å². The average Bonchev–Trinajstić information content (AvgIpc) is 2.82. The molecule has 0 spiro atoms. The van der Waals surface area contributed by atoms with E-state index in [-0.39, 0.29) is 24.1 Å². The molecule has 1 saturated heterocycles. The molecule has 0 aliphatic carbocycles. The second kappa shape index (κ2) is 10.8. The topological polar surface area (TPSA) is 102 Å². The van der Waals surface area contributed by atoms with Crippen molar-refractivity contribution in [3.63, 3.8) is 0 Å². The van der Waals surface area contributed by atoms with Crippen molar-refractivity contribution in [2.45, 2.75) is 38.8 Å². The maximum Gasteiger partial charge on any atom is 0.256 e. The third-order valence-corrected chi connectivity index (χ3v) is 6.08. The van der Waals surface area contributed by atoms with Crippen molar-refractivity contribution in [1.29, 1.82) is 0 Å². The smallest absolute Gasteiger partial charge is 0.256 e. The number of benzene rings is 1. The zero-order valence-electron chi connectivity index (χ0n) is 19.0. The number of ether oxygens (including phenoxy) is 1. The summed E-state index contributed by atoms with van der Waals surface area (Å²) in [6.07, 6.45) is 3.49. The first-order valence-corrected chi connectivity index (χ1v) is 11.7. The average molecular weight is 483 g/mol. The molecule has 2 amide bonds. The number of nitrogens with one attached hydrogen (secondary N) is 2. The molecule has 0 atom stereocenters. The first-order valence-electron chi connectivity index (χ1n) is 11.3. The van der Waals surface area contributed by atoms with E-state index >= 15 is 0 Å². The number of rotatable bonds is 7. The van der Waals surface area contributed by atoms with Crippen LogP contribution < -0.4 is 16.1 Å². The zero-order valence-corrected chi connectivity index (χ0v) is 19.7. The lowest BCUT2D eigenvalue weighted by Gasteiger charge is -2.23. The van der Waals surface area contributed by atoms with Gasteiger partial charge in [-0.05, 0) is 56.0 Å². The molecule has 178 valence electrons. The molecule has 4 rings (SSSR count). The summed E-state index contributed by atoms with van der Waals surface area (Å²) in [6, 6.07) is 10.8. The lowest BCUT2D eigenvalue weighted by molar-refractivity contribution is -0.121. The van der Waals surface area contributed by atoms with Crippen LogP contribution in [0.25, 0.3) is 11.0 Å². The van der Waals surface area contributed by atoms with Crippen LogP contribution in [0.4, 0.5) is 0 Å². The van der Waals surface area contributed by atoms with Gasteiger partial charge in [0.05, 0.1) is 5.39 Å². The van der Waals surface area contributed by atoms with Gasteiger partial charge in [0.2, 0.25) is 11.3 Å². The highest BCUT2D eigenvalue weighted by molar-refractivity contribution is 6.30. The lowest BCUT2D eigenvalue weighted by Crippen LogP contribution is -2.41. The molecule has 34 heavy (non-hydrogen) atoms. The van der Waals surface area contributed by atoms with Crippen molar-refractivity contribution in [2.75, 3.05) is 19.8 Å². The van der Waals surface area contributed by atoms with E-state index in [2.05, 4.69) is 15.6 Å². The number of halogens is 1. The Bertz CT molecular complexity index is 1250. The molecular formula is C25H27ClN4O4. The van der Waals surface area contributed by atoms with E-state index in [1.807, 2.05) is 31.2 Å². The van der Waals surface area contributed by atoms with E-state index in [0.29, 0.717) is 60.8 Å². The van der Waals surface area contributed by atoms with Crippen LogP contribution in [0.15, 0.2) is 47.4 Å². The molecular weight excluding hydrogens is 456 g/mol. The Labute approximate surface area is 202 Å². The van der Waals surface area contributed by atoms with Gasteiger partial charge in [0, 0.05) is 42.7 Å². The predicted octanol–water partition coefficient (Wildman–Crippen LogP) is 2.63. The van der Waals surface area contributed by atoms with Gasteiger partial charge in [0.1, 0.15) is 17.8 Å². The number of hydrogen-bond donors (Lipinski definition) is 2. The standard InChI is InChI=1S/C25H27ClN4O4/c1-16-2-7-20-23(32)21(25(33)29-19-9-12-34-13-10-19)14-30(24(20)28-16)15-22(31)27-11-8-17-3-5-18(26)6-4-17/h2-7,14,19H,8-13,15H2,1H3,(H,27,31)(H,29,33). The molecule has 1 aliphatic rings. The monoisotopic (exact) mass is 482 g/mol. The van der Waals surface area contributed by atoms with Crippen LogP contribution in [0.2, 0.25) is 5.02 Å². The molecule has 0 saturated carbocycles. The number of amides is 2. The fraction of sp³-hybridized carbons (Fsp3) is 0.360. The Morgan fingerprint density at radius 2 is 1.88 bits per heavy atom. The van der Waals surface area contributed by atoms with Crippen molar-refractivity contribution in [1.82, 2.24) is 20.2 Å². The number of aromatic nitrogens is 2. The highest BCUT2D eigenvalue weighted by atomic mass is 35.5. The highest BCUT2D eigenvalue weighted by Crippen LogP contribution is 2.13. The third-order valence-electron chi connectivity index (χ3n) is 5.82. The second-order valence-electron chi connectivity index (χ2n) is 8.41. The molecule has 0 radical (unpaired) electrons. The highest BCUT2D eigenvalue weighted by Gasteiger charge is 2.21. The number of carbonyl (C=O) groups is 2. The Kier molecular flexibility index (Phi) is 7.59.